The summed E-state index contributed by atoms with van der Waals surface area (Å²) < 4.78 is 0.106. The van der Waals surface area contributed by atoms with Crippen molar-refractivity contribution in [2.45, 2.75) is 22.2 Å². The van der Waals surface area contributed by atoms with Crippen LogP contribution >= 0.6 is 31.9 Å². The Morgan fingerprint density at radius 1 is 1.27 bits per heavy atom. The minimum Gasteiger partial charge on any atom is -0.387 e. The molecule has 11 heavy (non-hydrogen) atoms. The van der Waals surface area contributed by atoms with Crippen molar-refractivity contribution in [3.8, 4) is 0 Å². The molecule has 0 aromatic carbocycles. The molecule has 62 valence electrons. The fourth-order valence-electron chi connectivity index (χ4n) is 3.50. The molecule has 3 atom stereocenters. The highest BCUT2D eigenvalue weighted by atomic mass is 79.9. The van der Waals surface area contributed by atoms with Gasteiger partial charge in [0.2, 0.25) is 0 Å². The number of aliphatic hydroxyl groups is 1. The molecule has 0 aliphatic heterocycles. The second-order valence-electron chi connectivity index (χ2n) is 4.21. The molecule has 4 aliphatic rings. The van der Waals surface area contributed by atoms with E-state index < -0.39 is 5.60 Å². The molecule has 0 spiro atoms. The van der Waals surface area contributed by atoms with Crippen LogP contribution in [0.15, 0.2) is 0 Å². The lowest BCUT2D eigenvalue weighted by Gasteiger charge is -2.28. The maximum atomic E-state index is 10.3. The van der Waals surface area contributed by atoms with Crippen molar-refractivity contribution in [3.63, 3.8) is 0 Å². The zero-order chi connectivity index (χ0) is 7.80. The van der Waals surface area contributed by atoms with Crippen LogP contribution in [0.3, 0.4) is 0 Å². The first-order valence-electron chi connectivity index (χ1n) is 4.16. The molecule has 0 aromatic rings. The Labute approximate surface area is 82.8 Å². The number of alkyl halides is 2. The van der Waals surface area contributed by atoms with E-state index in [4.69, 9.17) is 0 Å². The molecule has 0 aromatic heterocycles. The number of hydrogen-bond donors (Lipinski definition) is 1. The molecule has 1 nitrogen and oxygen atoms in total. The van der Waals surface area contributed by atoms with Gasteiger partial charge in [0.1, 0.15) is 0 Å². The van der Waals surface area contributed by atoms with Gasteiger partial charge >= 0.3 is 0 Å². The van der Waals surface area contributed by atoms with Gasteiger partial charge in [0.05, 0.1) is 9.34 Å². The van der Waals surface area contributed by atoms with Crippen LogP contribution in [-0.4, -0.2) is 14.4 Å². The van der Waals surface area contributed by atoms with Crippen LogP contribution in [0.2, 0.25) is 0 Å². The Bertz CT molecular complexity index is 202. The maximum Gasteiger partial charge on any atom is 0.0989 e. The Kier molecular flexibility index (Phi) is 1.25. The molecule has 4 fully saturated rings. The number of hydrogen-bond acceptors (Lipinski definition) is 1. The van der Waals surface area contributed by atoms with E-state index in [1.54, 1.807) is 0 Å². The lowest BCUT2D eigenvalue weighted by molar-refractivity contribution is 0.0214. The predicted octanol–water partition coefficient (Wildman–Crippen LogP) is 2.12. The molecule has 3 unspecified atom stereocenters. The largest absolute Gasteiger partial charge is 0.387 e. The fraction of sp³-hybridized carbons (Fsp3) is 1.00. The first-order valence-corrected chi connectivity index (χ1v) is 5.99. The summed E-state index contributed by atoms with van der Waals surface area (Å²) in [5.74, 6) is 2.95. The maximum absolute atomic E-state index is 10.3. The molecule has 0 amide bonds. The average molecular weight is 282 g/mol. The summed E-state index contributed by atoms with van der Waals surface area (Å²) in [5, 5.41) is 10.3. The number of halogens is 2. The highest BCUT2D eigenvalue weighted by Gasteiger charge is 2.76. The molecule has 0 saturated heterocycles. The molecule has 4 aliphatic carbocycles. The summed E-state index contributed by atoms with van der Waals surface area (Å²) in [5.41, 5.74) is -0.407. The van der Waals surface area contributed by atoms with Crippen molar-refractivity contribution in [3.05, 3.63) is 0 Å². The summed E-state index contributed by atoms with van der Waals surface area (Å²) in [6.07, 6.45) is 2.55. The smallest absolute Gasteiger partial charge is 0.0989 e. The molecule has 3 heteroatoms. The first kappa shape index (κ1) is 7.34. The average Bonchev–Trinajstić information content (AvgIpc) is 2.34. The zero-order valence-corrected chi connectivity index (χ0v) is 9.18. The van der Waals surface area contributed by atoms with Gasteiger partial charge in [0.15, 0.2) is 0 Å². The molecule has 0 heterocycles. The minimum atomic E-state index is -0.407. The van der Waals surface area contributed by atoms with Crippen molar-refractivity contribution in [1.29, 1.82) is 0 Å². The van der Waals surface area contributed by atoms with Crippen molar-refractivity contribution in [2.75, 3.05) is 0 Å². The lowest BCUT2D eigenvalue weighted by atomic mass is 9.95. The summed E-state index contributed by atoms with van der Waals surface area (Å²) in [6.45, 7) is 0. The minimum absolute atomic E-state index is 0.106. The molecule has 0 radical (unpaired) electrons. The van der Waals surface area contributed by atoms with E-state index in [0.29, 0.717) is 11.8 Å². The number of rotatable bonds is 1. The van der Waals surface area contributed by atoms with Crippen LogP contribution in [0.1, 0.15) is 12.8 Å². The van der Waals surface area contributed by atoms with Crippen molar-refractivity contribution >= 4 is 31.9 Å². The molecule has 4 bridgehead atoms. The SMILES string of the molecule is OC1(C(Br)Br)C2CC3C(C2)C31. The van der Waals surface area contributed by atoms with E-state index in [2.05, 4.69) is 31.9 Å². The quantitative estimate of drug-likeness (QED) is 0.730. The molecule has 1 N–H and O–H groups in total. The van der Waals surface area contributed by atoms with Crippen molar-refractivity contribution in [1.82, 2.24) is 0 Å². The third-order valence-electron chi connectivity index (χ3n) is 3.98. The van der Waals surface area contributed by atoms with Gasteiger partial charge in [-0.25, -0.2) is 0 Å². The van der Waals surface area contributed by atoms with Crippen molar-refractivity contribution in [2.24, 2.45) is 23.7 Å². The summed E-state index contributed by atoms with van der Waals surface area (Å²) in [7, 11) is 0. The first-order chi connectivity index (χ1) is 5.15. The topological polar surface area (TPSA) is 20.2 Å². The van der Waals surface area contributed by atoms with E-state index in [0.717, 1.165) is 11.8 Å². The van der Waals surface area contributed by atoms with E-state index in [-0.39, 0.29) is 3.74 Å². The van der Waals surface area contributed by atoms with Gasteiger partial charge in [0, 0.05) is 0 Å². The van der Waals surface area contributed by atoms with Gasteiger partial charge in [-0.3, -0.25) is 0 Å². The highest BCUT2D eigenvalue weighted by molar-refractivity contribution is 9.24. The second-order valence-corrected chi connectivity index (χ2v) is 7.27. The van der Waals surface area contributed by atoms with E-state index in [9.17, 15) is 5.11 Å². The van der Waals surface area contributed by atoms with Crippen LogP contribution in [-0.2, 0) is 0 Å². The predicted molar refractivity (Wildman–Crippen MR) is 49.8 cm³/mol. The third kappa shape index (κ3) is 0.637. The highest BCUT2D eigenvalue weighted by Crippen LogP contribution is 2.76. The van der Waals surface area contributed by atoms with E-state index in [1.165, 1.54) is 12.8 Å². The van der Waals surface area contributed by atoms with Crippen LogP contribution in [0, 0.1) is 23.7 Å². The fourth-order valence-corrected chi connectivity index (χ4v) is 4.86. The lowest BCUT2D eigenvalue weighted by Crippen LogP contribution is -2.39. The van der Waals surface area contributed by atoms with Crippen LogP contribution in [0.25, 0.3) is 0 Å². The second kappa shape index (κ2) is 1.88. The molecule has 4 rings (SSSR count). The summed E-state index contributed by atoms with van der Waals surface area (Å²) in [4.78, 5) is 0. The normalized spacial score (nSPS) is 64.4. The van der Waals surface area contributed by atoms with Crippen molar-refractivity contribution < 1.29 is 5.11 Å². The van der Waals surface area contributed by atoms with E-state index >= 15 is 0 Å². The van der Waals surface area contributed by atoms with Crippen LogP contribution < -0.4 is 0 Å². The van der Waals surface area contributed by atoms with Crippen LogP contribution in [0.4, 0.5) is 0 Å². The zero-order valence-electron chi connectivity index (χ0n) is 6.00. The van der Waals surface area contributed by atoms with Gasteiger partial charge in [-0.05, 0) is 36.5 Å². The van der Waals surface area contributed by atoms with Gasteiger partial charge in [-0.15, -0.1) is 0 Å². The Hall–Kier alpha value is 0.920. The molecular formula is C8H10Br2O. The van der Waals surface area contributed by atoms with Gasteiger partial charge in [0.25, 0.3) is 0 Å². The van der Waals surface area contributed by atoms with Gasteiger partial charge in [-0.1, -0.05) is 31.9 Å². The Morgan fingerprint density at radius 2 is 1.82 bits per heavy atom. The third-order valence-corrected chi connectivity index (χ3v) is 5.45. The standard InChI is InChI=1S/C8H10Br2O/c9-7(10)8(11)3-1-4-5(2-3)6(4)8/h3-7,11H,1-2H2. The Morgan fingerprint density at radius 3 is 2.00 bits per heavy atom. The monoisotopic (exact) mass is 280 g/mol. The Balaban J connectivity index is 2.00. The summed E-state index contributed by atoms with van der Waals surface area (Å²) >= 11 is 6.92. The van der Waals surface area contributed by atoms with Gasteiger partial charge in [-0.2, -0.15) is 0 Å². The van der Waals surface area contributed by atoms with E-state index in [1.807, 2.05) is 0 Å². The van der Waals surface area contributed by atoms with Crippen LogP contribution in [0.5, 0.6) is 0 Å². The molecular weight excluding hydrogens is 272 g/mol. The van der Waals surface area contributed by atoms with Gasteiger partial charge < -0.3 is 5.11 Å². The molecule has 4 saturated carbocycles. The summed E-state index contributed by atoms with van der Waals surface area (Å²) in [6, 6.07) is 0.